The number of allylic oxidation sites excluding steroid dienone is 3. The van der Waals surface area contributed by atoms with Crippen molar-refractivity contribution in [2.45, 2.75) is 57.0 Å². The molecule has 0 saturated carbocycles. The third-order valence-corrected chi connectivity index (χ3v) is 6.89. The Kier molecular flexibility index (Phi) is 5.77. The Balaban J connectivity index is 1.78. The van der Waals surface area contributed by atoms with E-state index < -0.39 is 16.5 Å². The van der Waals surface area contributed by atoms with E-state index in [0.29, 0.717) is 16.7 Å². The summed E-state index contributed by atoms with van der Waals surface area (Å²) in [6, 6.07) is 0.0635. The Morgan fingerprint density at radius 3 is 2.59 bits per heavy atom. The summed E-state index contributed by atoms with van der Waals surface area (Å²) in [7, 11) is 0. The number of nitrogens with zero attached hydrogens (tertiary/aromatic N) is 1. The van der Waals surface area contributed by atoms with Crippen LogP contribution in [0.2, 0.25) is 0 Å². The van der Waals surface area contributed by atoms with Crippen LogP contribution in [-0.4, -0.2) is 41.3 Å². The third-order valence-electron chi connectivity index (χ3n) is 5.66. The number of nitrogens with one attached hydrogen (secondary N) is 1. The Morgan fingerprint density at radius 1 is 1.33 bits per heavy atom. The molecule has 0 spiro atoms. The number of rotatable bonds is 3. The Hall–Kier alpha value is -1.28. The van der Waals surface area contributed by atoms with E-state index in [0.717, 1.165) is 32.1 Å². The van der Waals surface area contributed by atoms with Crippen molar-refractivity contribution in [3.63, 3.8) is 0 Å². The van der Waals surface area contributed by atoms with Crippen molar-refractivity contribution in [2.24, 2.45) is 16.8 Å². The summed E-state index contributed by atoms with van der Waals surface area (Å²) in [5, 5.41) is 3.39. The first-order valence-electron chi connectivity index (χ1n) is 9.25. The maximum atomic E-state index is 13.0. The maximum absolute atomic E-state index is 13.0. The summed E-state index contributed by atoms with van der Waals surface area (Å²) in [5.74, 6) is -0.157. The van der Waals surface area contributed by atoms with Crippen molar-refractivity contribution in [1.82, 2.24) is 5.32 Å². The molecule has 2 saturated heterocycles. The van der Waals surface area contributed by atoms with Gasteiger partial charge in [-0.3, -0.25) is 9.79 Å². The molecule has 0 aromatic carbocycles. The van der Waals surface area contributed by atoms with Crippen molar-refractivity contribution >= 4 is 22.8 Å². The van der Waals surface area contributed by atoms with E-state index in [1.807, 2.05) is 6.92 Å². The Morgan fingerprint density at radius 2 is 2.00 bits per heavy atom. The molecule has 3 rings (SSSR count). The number of carbonyl (C=O) groups excluding carboxylic acids is 1. The van der Waals surface area contributed by atoms with Crippen LogP contribution in [0.25, 0.3) is 0 Å². The van der Waals surface area contributed by atoms with Crippen molar-refractivity contribution in [2.75, 3.05) is 13.2 Å². The van der Waals surface area contributed by atoms with Crippen LogP contribution < -0.4 is 5.32 Å². The second-order valence-electron chi connectivity index (χ2n) is 7.63. The van der Waals surface area contributed by atoms with Crippen LogP contribution in [0, 0.1) is 11.8 Å². The highest BCUT2D eigenvalue weighted by atomic mass is 32.2. The molecule has 27 heavy (non-hydrogen) atoms. The molecule has 2 fully saturated rings. The summed E-state index contributed by atoms with van der Waals surface area (Å²) in [4.78, 5) is 17.4. The smallest absolute Gasteiger partial charge is 0.381 e. The largest absolute Gasteiger partial charge is 0.412 e. The van der Waals surface area contributed by atoms with Gasteiger partial charge in [0.15, 0.2) is 5.17 Å². The molecule has 3 unspecified atom stereocenters. The van der Waals surface area contributed by atoms with Crippen LogP contribution >= 0.6 is 11.8 Å². The predicted octanol–water partition coefficient (Wildman–Crippen LogP) is 4.23. The van der Waals surface area contributed by atoms with Gasteiger partial charge in [0, 0.05) is 18.8 Å². The van der Waals surface area contributed by atoms with Gasteiger partial charge in [-0.25, -0.2) is 0 Å². The fourth-order valence-corrected chi connectivity index (χ4v) is 5.20. The van der Waals surface area contributed by atoms with Gasteiger partial charge in [0.1, 0.15) is 4.75 Å². The summed E-state index contributed by atoms with van der Waals surface area (Å²) in [6.07, 6.45) is 0.0302. The lowest BCUT2D eigenvalue weighted by Gasteiger charge is -2.31. The van der Waals surface area contributed by atoms with Gasteiger partial charge >= 0.3 is 6.18 Å². The zero-order valence-corrected chi connectivity index (χ0v) is 16.5. The van der Waals surface area contributed by atoms with E-state index in [-0.39, 0.29) is 24.3 Å². The van der Waals surface area contributed by atoms with Crippen LogP contribution in [0.5, 0.6) is 0 Å². The number of amides is 1. The molecule has 0 aromatic rings. The number of aliphatic imine (C=N–C) groups is 1. The Bertz CT molecular complexity index is 696. The summed E-state index contributed by atoms with van der Waals surface area (Å²) in [6.45, 7) is 7.00. The zero-order valence-electron chi connectivity index (χ0n) is 15.7. The highest BCUT2D eigenvalue weighted by Gasteiger charge is 2.48. The average molecular weight is 402 g/mol. The van der Waals surface area contributed by atoms with E-state index in [1.54, 1.807) is 13.8 Å². The molecular formula is C19H25F3N2O2S. The van der Waals surface area contributed by atoms with Crippen LogP contribution in [-0.2, 0) is 9.53 Å². The molecule has 2 heterocycles. The molecule has 2 aliphatic heterocycles. The molecule has 1 N–H and O–H groups in total. The molecule has 8 heteroatoms. The molecule has 1 aliphatic carbocycles. The lowest BCUT2D eigenvalue weighted by atomic mass is 9.81. The summed E-state index contributed by atoms with van der Waals surface area (Å²) in [5.41, 5.74) is 0.162. The van der Waals surface area contributed by atoms with Crippen LogP contribution in [0.3, 0.4) is 0 Å². The lowest BCUT2D eigenvalue weighted by molar-refractivity contribution is -0.120. The first-order chi connectivity index (χ1) is 12.6. The summed E-state index contributed by atoms with van der Waals surface area (Å²) >= 11 is 1.31. The number of thioether (sulfide) groups is 1. The van der Waals surface area contributed by atoms with Crippen LogP contribution in [0.4, 0.5) is 13.2 Å². The minimum absolute atomic E-state index is 0.0635. The van der Waals surface area contributed by atoms with Crippen LogP contribution in [0.15, 0.2) is 28.3 Å². The SMILES string of the molecule is CC1CC(C(F)(F)F)=CC=C1C1(C)SC(=NC(C)C2CCOCC2)NC1=O. The van der Waals surface area contributed by atoms with Gasteiger partial charge < -0.3 is 10.1 Å². The van der Waals surface area contributed by atoms with E-state index in [1.165, 1.54) is 17.8 Å². The molecule has 0 aromatic heterocycles. The van der Waals surface area contributed by atoms with Gasteiger partial charge in [0.2, 0.25) is 5.91 Å². The minimum atomic E-state index is -4.33. The number of hydrogen-bond acceptors (Lipinski definition) is 4. The first-order valence-corrected chi connectivity index (χ1v) is 10.1. The van der Waals surface area contributed by atoms with E-state index in [2.05, 4.69) is 10.3 Å². The molecular weight excluding hydrogens is 377 g/mol. The fraction of sp³-hybridized carbons (Fsp3) is 0.684. The van der Waals surface area contributed by atoms with Crippen molar-refractivity contribution < 1.29 is 22.7 Å². The van der Waals surface area contributed by atoms with Gasteiger partial charge in [-0.15, -0.1) is 0 Å². The van der Waals surface area contributed by atoms with Gasteiger partial charge in [0.25, 0.3) is 0 Å². The molecule has 4 nitrogen and oxygen atoms in total. The van der Waals surface area contributed by atoms with Crippen molar-refractivity contribution in [3.05, 3.63) is 23.3 Å². The average Bonchev–Trinajstić information content (AvgIpc) is 2.89. The van der Waals surface area contributed by atoms with Crippen LogP contribution in [0.1, 0.15) is 40.0 Å². The molecule has 0 bridgehead atoms. The second-order valence-corrected chi connectivity index (χ2v) is 9.04. The van der Waals surface area contributed by atoms with Gasteiger partial charge in [0.05, 0.1) is 6.04 Å². The number of halogens is 3. The molecule has 0 radical (unpaired) electrons. The lowest BCUT2D eigenvalue weighted by Crippen LogP contribution is -2.38. The maximum Gasteiger partial charge on any atom is 0.412 e. The number of alkyl halides is 3. The number of carbonyl (C=O) groups is 1. The topological polar surface area (TPSA) is 50.7 Å². The van der Waals surface area contributed by atoms with Crippen molar-refractivity contribution in [1.29, 1.82) is 0 Å². The van der Waals surface area contributed by atoms with E-state index >= 15 is 0 Å². The normalized spacial score (nSPS) is 32.9. The fourth-order valence-electron chi connectivity index (χ4n) is 3.92. The Labute approximate surface area is 161 Å². The van der Waals surface area contributed by atoms with Crippen molar-refractivity contribution in [3.8, 4) is 0 Å². The van der Waals surface area contributed by atoms with Gasteiger partial charge in [-0.1, -0.05) is 30.8 Å². The zero-order chi connectivity index (χ0) is 19.8. The van der Waals surface area contributed by atoms with Gasteiger partial charge in [-0.2, -0.15) is 13.2 Å². The quantitative estimate of drug-likeness (QED) is 0.769. The highest BCUT2D eigenvalue weighted by Crippen LogP contribution is 2.46. The standard InChI is InChI=1S/C19H25F3N2O2S/c1-11-10-14(19(20,21)22)4-5-15(11)18(3)16(25)24-17(27-18)23-12(2)13-6-8-26-9-7-13/h4-5,11-13H,6-10H2,1-3H3,(H,23,24,25). The van der Waals surface area contributed by atoms with Gasteiger partial charge in [-0.05, 0) is 50.5 Å². The van der Waals surface area contributed by atoms with E-state index in [9.17, 15) is 18.0 Å². The number of hydrogen-bond donors (Lipinski definition) is 1. The minimum Gasteiger partial charge on any atom is -0.381 e. The third kappa shape index (κ3) is 4.26. The highest BCUT2D eigenvalue weighted by molar-refractivity contribution is 8.16. The molecule has 1 amide bonds. The summed E-state index contributed by atoms with van der Waals surface area (Å²) < 4.78 is 43.3. The number of ether oxygens (including phenoxy) is 1. The monoisotopic (exact) mass is 402 g/mol. The second kappa shape index (κ2) is 7.62. The molecule has 3 atom stereocenters. The molecule has 150 valence electrons. The predicted molar refractivity (Wildman–Crippen MR) is 101 cm³/mol. The number of amidine groups is 1. The molecule has 3 aliphatic rings. The first kappa shape index (κ1) is 20.5. The van der Waals surface area contributed by atoms with E-state index in [4.69, 9.17) is 4.74 Å².